The van der Waals surface area contributed by atoms with E-state index in [9.17, 15) is 14.4 Å². The van der Waals surface area contributed by atoms with E-state index in [1.54, 1.807) is 0 Å². The fraction of sp³-hybridized carbons (Fsp3) is 0.222. The average molecular weight is 265 g/mol. The van der Waals surface area contributed by atoms with Crippen LogP contribution in [0.1, 0.15) is 6.42 Å². The Morgan fingerprint density at radius 1 is 1.41 bits per heavy atom. The molecule has 2 N–H and O–H groups in total. The van der Waals surface area contributed by atoms with Crippen LogP contribution in [0.25, 0.3) is 0 Å². The van der Waals surface area contributed by atoms with Gasteiger partial charge in [0.05, 0.1) is 11.8 Å². The number of hydrogen-bond acceptors (Lipinski definition) is 4. The number of allylic oxidation sites excluding steroid dienone is 1. The quantitative estimate of drug-likeness (QED) is 0.409. The molecule has 2 aliphatic rings. The van der Waals surface area contributed by atoms with Gasteiger partial charge in [-0.1, -0.05) is 11.8 Å². The third-order valence-corrected chi connectivity index (χ3v) is 3.46. The van der Waals surface area contributed by atoms with Gasteiger partial charge >= 0.3 is 41.5 Å². The van der Waals surface area contributed by atoms with Crippen LogP contribution in [0.15, 0.2) is 22.8 Å². The predicted octanol–water partition coefficient (Wildman–Crippen LogP) is -0.420. The van der Waals surface area contributed by atoms with Crippen molar-refractivity contribution in [1.29, 1.82) is 0 Å². The molecule has 0 aromatic heterocycles. The molecule has 0 aromatic carbocycles. The number of β-lactam (4-membered cyclic amide) rings is 1. The van der Waals surface area contributed by atoms with E-state index in [0.29, 0.717) is 11.3 Å². The number of carbonyl (C=O) groups is 3. The molecule has 2 rings (SSSR count). The number of carboxylic acids is 2. The Morgan fingerprint density at radius 3 is 2.53 bits per heavy atom. The van der Waals surface area contributed by atoms with Gasteiger partial charge in [0.15, 0.2) is 0 Å². The summed E-state index contributed by atoms with van der Waals surface area (Å²) in [5.41, 5.74) is -0.122. The molecular formula is C9H8NNaO5S. The van der Waals surface area contributed by atoms with Crippen LogP contribution >= 0.6 is 11.8 Å². The van der Waals surface area contributed by atoms with Crippen molar-refractivity contribution in [2.45, 2.75) is 11.8 Å². The fourth-order valence-corrected chi connectivity index (χ4v) is 2.84. The molecule has 6 nitrogen and oxygen atoms in total. The summed E-state index contributed by atoms with van der Waals surface area (Å²) in [7, 11) is 0. The van der Waals surface area contributed by atoms with Crippen LogP contribution in [-0.4, -0.2) is 67.9 Å². The number of aliphatic carboxylic acids is 2. The second-order valence-electron chi connectivity index (χ2n) is 3.23. The van der Waals surface area contributed by atoms with Gasteiger partial charge in [-0.3, -0.25) is 9.69 Å². The maximum atomic E-state index is 11.2. The Hall–Kier alpha value is -0.760. The van der Waals surface area contributed by atoms with Gasteiger partial charge in [-0.25, -0.2) is 9.59 Å². The van der Waals surface area contributed by atoms with Crippen molar-refractivity contribution < 1.29 is 24.6 Å². The van der Waals surface area contributed by atoms with E-state index in [2.05, 4.69) is 0 Å². The molecule has 2 aliphatic heterocycles. The number of fused-ring (bicyclic) bond motifs is 1. The van der Waals surface area contributed by atoms with E-state index in [-0.39, 0.29) is 46.5 Å². The summed E-state index contributed by atoms with van der Waals surface area (Å²) in [4.78, 5) is 34.0. The molecule has 0 unspecified atom stereocenters. The standard InChI is InChI=1S/C9H7NO5S.Na.H/c11-5-3-6-10(5)8(9(14)15)4(16-6)1-2-7(12)13;;/h1-2,6H,3H2,(H,12,13)(H,14,15);;/t6-;;/m1../s1. The van der Waals surface area contributed by atoms with Crippen LogP contribution in [0.5, 0.6) is 0 Å². The van der Waals surface area contributed by atoms with E-state index in [1.165, 1.54) is 22.7 Å². The fourth-order valence-electron chi connectivity index (χ4n) is 1.54. The summed E-state index contributed by atoms with van der Waals surface area (Å²) in [6.45, 7) is 0. The summed E-state index contributed by atoms with van der Waals surface area (Å²) < 4.78 is 0. The minimum absolute atomic E-state index is 0. The predicted molar refractivity (Wildman–Crippen MR) is 61.4 cm³/mol. The average Bonchev–Trinajstić information content (AvgIpc) is 2.47. The van der Waals surface area contributed by atoms with Crippen molar-refractivity contribution in [2.75, 3.05) is 0 Å². The summed E-state index contributed by atoms with van der Waals surface area (Å²) in [6.07, 6.45) is 2.37. The molecule has 0 aliphatic carbocycles. The van der Waals surface area contributed by atoms with E-state index in [4.69, 9.17) is 10.2 Å². The molecule has 1 fully saturated rings. The van der Waals surface area contributed by atoms with Crippen molar-refractivity contribution in [3.05, 3.63) is 22.8 Å². The van der Waals surface area contributed by atoms with Crippen LogP contribution in [0, 0.1) is 0 Å². The van der Waals surface area contributed by atoms with Crippen molar-refractivity contribution in [3.8, 4) is 0 Å². The molecule has 1 amide bonds. The van der Waals surface area contributed by atoms with Crippen LogP contribution in [0.2, 0.25) is 0 Å². The zero-order valence-corrected chi connectivity index (χ0v) is 8.73. The molecule has 2 heterocycles. The van der Waals surface area contributed by atoms with Crippen molar-refractivity contribution in [2.24, 2.45) is 0 Å². The Balaban J connectivity index is 0.00000144. The monoisotopic (exact) mass is 265 g/mol. The zero-order chi connectivity index (χ0) is 11.9. The molecule has 0 aromatic rings. The van der Waals surface area contributed by atoms with Crippen LogP contribution < -0.4 is 0 Å². The topological polar surface area (TPSA) is 94.9 Å². The number of nitrogens with zero attached hydrogens (tertiary/aromatic N) is 1. The van der Waals surface area contributed by atoms with E-state index in [0.717, 1.165) is 6.08 Å². The number of carboxylic acid groups (broad SMARTS) is 2. The van der Waals surface area contributed by atoms with E-state index in [1.807, 2.05) is 0 Å². The van der Waals surface area contributed by atoms with Crippen molar-refractivity contribution in [1.82, 2.24) is 4.90 Å². The normalized spacial score (nSPS) is 22.2. The zero-order valence-electron chi connectivity index (χ0n) is 7.91. The van der Waals surface area contributed by atoms with Gasteiger partial charge < -0.3 is 10.2 Å². The maximum absolute atomic E-state index is 11.2. The summed E-state index contributed by atoms with van der Waals surface area (Å²) >= 11 is 1.20. The van der Waals surface area contributed by atoms with Gasteiger partial charge in [-0.05, 0) is 6.08 Å². The molecular weight excluding hydrogens is 257 g/mol. The van der Waals surface area contributed by atoms with Crippen LogP contribution in [0.4, 0.5) is 0 Å². The molecule has 0 spiro atoms. The van der Waals surface area contributed by atoms with Crippen molar-refractivity contribution >= 4 is 59.2 Å². The van der Waals surface area contributed by atoms with Gasteiger partial charge in [-0.15, -0.1) is 0 Å². The second-order valence-corrected chi connectivity index (χ2v) is 4.45. The SMILES string of the molecule is O=C(O)C=CC1=C(C(=O)O)N2C(=O)C[C@H]2S1.[NaH]. The number of amides is 1. The molecule has 86 valence electrons. The van der Waals surface area contributed by atoms with Crippen molar-refractivity contribution in [3.63, 3.8) is 0 Å². The summed E-state index contributed by atoms with van der Waals surface area (Å²) in [5, 5.41) is 17.2. The molecule has 8 heteroatoms. The van der Waals surface area contributed by atoms with E-state index < -0.39 is 11.9 Å². The first-order valence-electron chi connectivity index (χ1n) is 4.38. The Labute approximate surface area is 123 Å². The molecule has 0 radical (unpaired) electrons. The third-order valence-electron chi connectivity index (χ3n) is 2.22. The second kappa shape index (κ2) is 5.26. The van der Waals surface area contributed by atoms with Crippen LogP contribution in [0.3, 0.4) is 0 Å². The Morgan fingerprint density at radius 2 is 2.06 bits per heavy atom. The first kappa shape index (κ1) is 14.3. The molecule has 0 bridgehead atoms. The third kappa shape index (κ3) is 2.57. The minimum atomic E-state index is -1.21. The van der Waals surface area contributed by atoms with Gasteiger partial charge in [-0.2, -0.15) is 0 Å². The van der Waals surface area contributed by atoms with Gasteiger partial charge in [0.25, 0.3) is 0 Å². The summed E-state index contributed by atoms with van der Waals surface area (Å²) in [5.74, 6) is -2.61. The Bertz CT molecular complexity index is 458. The van der Waals surface area contributed by atoms with Gasteiger partial charge in [0, 0.05) is 11.0 Å². The van der Waals surface area contributed by atoms with E-state index >= 15 is 0 Å². The molecule has 17 heavy (non-hydrogen) atoms. The van der Waals surface area contributed by atoms with Gasteiger partial charge in [0.2, 0.25) is 5.91 Å². The summed E-state index contributed by atoms with van der Waals surface area (Å²) in [6, 6.07) is 0. The number of hydrogen-bond donors (Lipinski definition) is 2. The molecule has 0 saturated carbocycles. The number of thioether (sulfide) groups is 1. The first-order chi connectivity index (χ1) is 7.50. The Kier molecular flexibility index (Phi) is 4.42. The number of carbonyl (C=O) groups excluding carboxylic acids is 1. The molecule has 1 saturated heterocycles. The molecule has 1 atom stereocenters. The number of rotatable bonds is 3. The van der Waals surface area contributed by atoms with Gasteiger partial charge in [0.1, 0.15) is 5.70 Å². The van der Waals surface area contributed by atoms with Crippen LogP contribution in [-0.2, 0) is 14.4 Å². The first-order valence-corrected chi connectivity index (χ1v) is 5.26.